The molecular weight excluding hydrogens is 228 g/mol. The number of nitrogens with two attached hydrogens (primary N) is 1. The van der Waals surface area contributed by atoms with Crippen molar-refractivity contribution in [3.05, 3.63) is 0 Å². The van der Waals surface area contributed by atoms with E-state index >= 15 is 0 Å². The summed E-state index contributed by atoms with van der Waals surface area (Å²) in [5, 5.41) is 9.23. The van der Waals surface area contributed by atoms with E-state index in [0.717, 1.165) is 45.2 Å². The van der Waals surface area contributed by atoms with E-state index in [2.05, 4.69) is 6.92 Å². The van der Waals surface area contributed by atoms with E-state index < -0.39 is 0 Å². The number of nitrogens with zero attached hydrogens (tertiary/aromatic N) is 1. The van der Waals surface area contributed by atoms with Crippen molar-refractivity contribution in [2.45, 2.75) is 45.1 Å². The Labute approximate surface area is 110 Å². The van der Waals surface area contributed by atoms with Crippen LogP contribution >= 0.6 is 0 Å². The lowest BCUT2D eigenvalue weighted by Crippen LogP contribution is -2.47. The van der Waals surface area contributed by atoms with Crippen molar-refractivity contribution in [2.24, 2.45) is 23.5 Å². The first-order valence-electron chi connectivity index (χ1n) is 7.27. The highest BCUT2D eigenvalue weighted by molar-refractivity contribution is 5.79. The molecule has 2 rings (SSSR count). The third kappa shape index (κ3) is 3.04. The molecule has 1 saturated carbocycles. The molecule has 18 heavy (non-hydrogen) atoms. The van der Waals surface area contributed by atoms with Gasteiger partial charge in [-0.2, -0.15) is 0 Å². The first kappa shape index (κ1) is 13.8. The van der Waals surface area contributed by atoms with E-state index in [0.29, 0.717) is 11.8 Å². The minimum absolute atomic E-state index is 0.155. The number of hydrogen-bond acceptors (Lipinski definition) is 3. The molecule has 2 aliphatic rings. The molecule has 104 valence electrons. The Morgan fingerprint density at radius 3 is 2.83 bits per heavy atom. The number of hydrogen-bond donors (Lipinski definition) is 2. The van der Waals surface area contributed by atoms with Gasteiger partial charge in [0.1, 0.15) is 0 Å². The number of carbonyl (C=O) groups is 1. The fraction of sp³-hybridized carbons (Fsp3) is 0.929. The van der Waals surface area contributed by atoms with Crippen molar-refractivity contribution >= 4 is 5.91 Å². The zero-order valence-electron chi connectivity index (χ0n) is 11.3. The molecule has 2 fully saturated rings. The lowest BCUT2D eigenvalue weighted by atomic mass is 9.77. The van der Waals surface area contributed by atoms with E-state index in [-0.39, 0.29) is 24.5 Å². The van der Waals surface area contributed by atoms with Crippen molar-refractivity contribution in [3.63, 3.8) is 0 Å². The minimum atomic E-state index is 0.155. The summed E-state index contributed by atoms with van der Waals surface area (Å²) >= 11 is 0. The van der Waals surface area contributed by atoms with Gasteiger partial charge in [-0.25, -0.2) is 0 Å². The zero-order chi connectivity index (χ0) is 13.1. The van der Waals surface area contributed by atoms with Gasteiger partial charge in [0.2, 0.25) is 5.91 Å². The van der Waals surface area contributed by atoms with Crippen LogP contribution in [0.5, 0.6) is 0 Å². The maximum absolute atomic E-state index is 12.5. The maximum atomic E-state index is 12.5. The smallest absolute Gasteiger partial charge is 0.225 e. The van der Waals surface area contributed by atoms with Crippen LogP contribution in [0.1, 0.15) is 39.0 Å². The minimum Gasteiger partial charge on any atom is -0.396 e. The van der Waals surface area contributed by atoms with Crippen LogP contribution in [0.3, 0.4) is 0 Å². The molecule has 1 heterocycles. The van der Waals surface area contributed by atoms with E-state index in [4.69, 9.17) is 5.73 Å². The summed E-state index contributed by atoms with van der Waals surface area (Å²) in [6, 6.07) is 0.274. The molecule has 4 heteroatoms. The van der Waals surface area contributed by atoms with Gasteiger partial charge in [-0.05, 0) is 43.9 Å². The zero-order valence-corrected chi connectivity index (χ0v) is 11.3. The molecule has 1 amide bonds. The van der Waals surface area contributed by atoms with E-state index in [1.165, 1.54) is 0 Å². The fourth-order valence-corrected chi connectivity index (χ4v) is 3.45. The van der Waals surface area contributed by atoms with Crippen LogP contribution < -0.4 is 5.73 Å². The molecular formula is C14H26N2O2. The lowest BCUT2D eigenvalue weighted by Gasteiger charge is -2.38. The summed E-state index contributed by atoms with van der Waals surface area (Å²) < 4.78 is 0. The molecule has 4 unspecified atom stereocenters. The maximum Gasteiger partial charge on any atom is 0.225 e. The van der Waals surface area contributed by atoms with Crippen LogP contribution in [0, 0.1) is 17.8 Å². The van der Waals surface area contributed by atoms with Crippen molar-refractivity contribution in [1.82, 2.24) is 4.90 Å². The predicted octanol–water partition coefficient (Wildman–Crippen LogP) is 0.981. The van der Waals surface area contributed by atoms with Gasteiger partial charge >= 0.3 is 0 Å². The molecule has 0 bridgehead atoms. The average Bonchev–Trinajstić information content (AvgIpc) is 2.38. The molecule has 0 aromatic rings. The number of aliphatic hydroxyl groups is 1. The van der Waals surface area contributed by atoms with E-state index in [9.17, 15) is 9.90 Å². The summed E-state index contributed by atoms with van der Waals surface area (Å²) in [5.41, 5.74) is 5.95. The fourth-order valence-electron chi connectivity index (χ4n) is 3.45. The van der Waals surface area contributed by atoms with E-state index in [1.807, 2.05) is 4.90 Å². The third-order valence-corrected chi connectivity index (χ3v) is 4.62. The van der Waals surface area contributed by atoms with Crippen LogP contribution in [0.15, 0.2) is 0 Å². The standard InChI is InChI=1S/C14H26N2O2/c1-10-7-12(15)4-5-13(10)14(18)16-6-2-3-11(8-16)9-17/h10-13,17H,2-9,15H2,1H3. The molecule has 0 spiro atoms. The second-order valence-electron chi connectivity index (χ2n) is 6.13. The number of likely N-dealkylation sites (tertiary alicyclic amines) is 1. The normalized spacial score (nSPS) is 37.6. The highest BCUT2D eigenvalue weighted by atomic mass is 16.3. The molecule has 0 aromatic carbocycles. The molecule has 0 radical (unpaired) electrons. The largest absolute Gasteiger partial charge is 0.396 e. The van der Waals surface area contributed by atoms with Crippen molar-refractivity contribution in [1.29, 1.82) is 0 Å². The third-order valence-electron chi connectivity index (χ3n) is 4.62. The topological polar surface area (TPSA) is 66.6 Å². The van der Waals surface area contributed by atoms with Gasteiger partial charge in [-0.1, -0.05) is 6.92 Å². The molecule has 1 saturated heterocycles. The van der Waals surface area contributed by atoms with Gasteiger partial charge in [-0.3, -0.25) is 4.79 Å². The summed E-state index contributed by atoms with van der Waals surface area (Å²) in [6.07, 6.45) is 4.94. The van der Waals surface area contributed by atoms with Crippen molar-refractivity contribution < 1.29 is 9.90 Å². The number of carbonyl (C=O) groups excluding carboxylic acids is 1. The van der Waals surface area contributed by atoms with Gasteiger partial charge in [0.25, 0.3) is 0 Å². The van der Waals surface area contributed by atoms with Gasteiger partial charge in [0.15, 0.2) is 0 Å². The summed E-state index contributed by atoms with van der Waals surface area (Å²) in [4.78, 5) is 14.5. The highest BCUT2D eigenvalue weighted by Crippen LogP contribution is 2.31. The van der Waals surface area contributed by atoms with Crippen LogP contribution in [0.4, 0.5) is 0 Å². The van der Waals surface area contributed by atoms with Gasteiger partial charge in [0.05, 0.1) is 0 Å². The first-order chi connectivity index (χ1) is 8.61. The first-order valence-corrected chi connectivity index (χ1v) is 7.27. The van der Waals surface area contributed by atoms with Crippen molar-refractivity contribution in [2.75, 3.05) is 19.7 Å². The number of piperidine rings is 1. The van der Waals surface area contributed by atoms with Crippen molar-refractivity contribution in [3.8, 4) is 0 Å². The summed E-state index contributed by atoms with van der Waals surface area (Å²) in [6.45, 7) is 3.96. The molecule has 4 atom stereocenters. The lowest BCUT2D eigenvalue weighted by molar-refractivity contribution is -0.140. The SMILES string of the molecule is CC1CC(N)CCC1C(=O)N1CCCC(CO)C1. The Morgan fingerprint density at radius 2 is 2.17 bits per heavy atom. The Hall–Kier alpha value is -0.610. The van der Waals surface area contributed by atoms with E-state index in [1.54, 1.807) is 0 Å². The quantitative estimate of drug-likeness (QED) is 0.772. The molecule has 1 aliphatic heterocycles. The van der Waals surface area contributed by atoms with Crippen LogP contribution in [-0.4, -0.2) is 41.7 Å². The number of amides is 1. The predicted molar refractivity (Wildman–Crippen MR) is 70.9 cm³/mol. The highest BCUT2D eigenvalue weighted by Gasteiger charge is 2.35. The second kappa shape index (κ2) is 6.02. The Bertz CT molecular complexity index is 296. The number of rotatable bonds is 2. The monoisotopic (exact) mass is 254 g/mol. The second-order valence-corrected chi connectivity index (χ2v) is 6.13. The molecule has 0 aromatic heterocycles. The van der Waals surface area contributed by atoms with Crippen LogP contribution in [-0.2, 0) is 4.79 Å². The molecule has 3 N–H and O–H groups in total. The Morgan fingerprint density at radius 1 is 1.39 bits per heavy atom. The Balaban J connectivity index is 1.94. The van der Waals surface area contributed by atoms with Crippen LogP contribution in [0.25, 0.3) is 0 Å². The van der Waals surface area contributed by atoms with Gasteiger partial charge in [-0.15, -0.1) is 0 Å². The molecule has 4 nitrogen and oxygen atoms in total. The van der Waals surface area contributed by atoms with Gasteiger partial charge in [0, 0.05) is 31.7 Å². The molecule has 1 aliphatic carbocycles. The van der Waals surface area contributed by atoms with Crippen LogP contribution in [0.2, 0.25) is 0 Å². The average molecular weight is 254 g/mol. The summed E-state index contributed by atoms with van der Waals surface area (Å²) in [5.74, 6) is 1.13. The number of aliphatic hydroxyl groups excluding tert-OH is 1. The van der Waals surface area contributed by atoms with Gasteiger partial charge < -0.3 is 15.7 Å². The Kier molecular flexibility index (Phi) is 4.62. The summed E-state index contributed by atoms with van der Waals surface area (Å²) in [7, 11) is 0.